The Hall–Kier alpha value is -0.300. The van der Waals surface area contributed by atoms with Gasteiger partial charge in [0.25, 0.3) is 0 Å². The fraction of sp³-hybridized carbons (Fsp3) is 0.750. The summed E-state index contributed by atoms with van der Waals surface area (Å²) >= 11 is 0. The van der Waals surface area contributed by atoms with Crippen LogP contribution >= 0.6 is 0 Å². The van der Waals surface area contributed by atoms with Crippen molar-refractivity contribution < 1.29 is 5.11 Å². The molecule has 0 aromatic carbocycles. The van der Waals surface area contributed by atoms with E-state index >= 15 is 0 Å². The lowest BCUT2D eigenvalue weighted by Gasteiger charge is -2.14. The molecule has 0 aliphatic carbocycles. The monoisotopic (exact) mass is 128 g/mol. The summed E-state index contributed by atoms with van der Waals surface area (Å²) in [6.07, 6.45) is 3.33. The molecule has 1 N–H and O–H groups in total. The fourth-order valence-electron chi connectivity index (χ4n) is 0.675. The predicted molar refractivity (Wildman–Crippen MR) is 40.3 cm³/mol. The summed E-state index contributed by atoms with van der Waals surface area (Å²) in [6.45, 7) is 7.69. The third-order valence-corrected chi connectivity index (χ3v) is 1.71. The molecule has 1 heteroatoms. The average molecular weight is 128 g/mol. The summed E-state index contributed by atoms with van der Waals surface area (Å²) < 4.78 is 0. The second-order valence-corrected chi connectivity index (χ2v) is 2.48. The highest BCUT2D eigenvalue weighted by Crippen LogP contribution is 2.10. The van der Waals surface area contributed by atoms with Gasteiger partial charge in [-0.2, -0.15) is 0 Å². The Bertz CT molecular complexity index is 78.6. The van der Waals surface area contributed by atoms with Crippen molar-refractivity contribution in [3.8, 4) is 0 Å². The van der Waals surface area contributed by atoms with E-state index in [0.29, 0.717) is 5.92 Å². The van der Waals surface area contributed by atoms with E-state index in [2.05, 4.69) is 13.5 Å². The molecule has 0 heterocycles. The number of aliphatic hydroxyl groups excluding tert-OH is 1. The van der Waals surface area contributed by atoms with E-state index in [1.807, 2.05) is 6.92 Å². The lowest BCUT2D eigenvalue weighted by Crippen LogP contribution is -2.15. The molecule has 54 valence electrons. The number of rotatable bonds is 4. The zero-order valence-corrected chi connectivity index (χ0v) is 6.30. The molecule has 0 rings (SSSR count). The van der Waals surface area contributed by atoms with Crippen molar-refractivity contribution in [2.75, 3.05) is 0 Å². The van der Waals surface area contributed by atoms with Crippen molar-refractivity contribution in [1.82, 2.24) is 0 Å². The van der Waals surface area contributed by atoms with E-state index in [1.54, 1.807) is 6.08 Å². The number of aliphatic hydroxyl groups is 1. The van der Waals surface area contributed by atoms with Crippen LogP contribution in [0, 0.1) is 5.92 Å². The minimum Gasteiger partial charge on any atom is -0.393 e. The van der Waals surface area contributed by atoms with E-state index < -0.39 is 0 Å². The van der Waals surface area contributed by atoms with Crippen LogP contribution in [0.5, 0.6) is 0 Å². The molecule has 0 fully saturated rings. The molecule has 0 aromatic heterocycles. The van der Waals surface area contributed by atoms with Gasteiger partial charge in [-0.3, -0.25) is 0 Å². The molecule has 0 bridgehead atoms. The predicted octanol–water partition coefficient (Wildman–Crippen LogP) is 1.97. The molecule has 9 heavy (non-hydrogen) atoms. The van der Waals surface area contributed by atoms with Crippen molar-refractivity contribution in [2.24, 2.45) is 5.92 Å². The van der Waals surface area contributed by atoms with Crippen molar-refractivity contribution in [1.29, 1.82) is 0 Å². The smallest absolute Gasteiger partial charge is 0.0599 e. The first-order valence-electron chi connectivity index (χ1n) is 3.51. The maximum absolute atomic E-state index is 9.25. The molecular weight excluding hydrogens is 112 g/mol. The Balaban J connectivity index is 3.44. The van der Waals surface area contributed by atoms with E-state index in [4.69, 9.17) is 0 Å². The Morgan fingerprint density at radius 1 is 1.67 bits per heavy atom. The third kappa shape index (κ3) is 3.31. The normalized spacial score (nSPS) is 16.8. The van der Waals surface area contributed by atoms with Crippen LogP contribution in [0.25, 0.3) is 0 Å². The molecule has 0 aliphatic rings. The van der Waals surface area contributed by atoms with Gasteiger partial charge in [-0.15, -0.1) is 6.58 Å². The van der Waals surface area contributed by atoms with E-state index in [-0.39, 0.29) is 6.10 Å². The van der Waals surface area contributed by atoms with Gasteiger partial charge in [0.05, 0.1) is 6.10 Å². The molecule has 0 saturated carbocycles. The second kappa shape index (κ2) is 4.57. The van der Waals surface area contributed by atoms with Crippen molar-refractivity contribution in [2.45, 2.75) is 32.8 Å². The van der Waals surface area contributed by atoms with Gasteiger partial charge in [0.1, 0.15) is 0 Å². The van der Waals surface area contributed by atoms with Gasteiger partial charge in [0.15, 0.2) is 0 Å². The van der Waals surface area contributed by atoms with Crippen LogP contribution in [0.15, 0.2) is 12.7 Å². The molecule has 0 aliphatic heterocycles. The minimum absolute atomic E-state index is 0.188. The highest BCUT2D eigenvalue weighted by atomic mass is 16.3. The lowest BCUT2D eigenvalue weighted by atomic mass is 10.00. The lowest BCUT2D eigenvalue weighted by molar-refractivity contribution is 0.117. The molecule has 0 spiro atoms. The SMILES string of the molecule is C=CC[C@@H](O)[C@@H](C)CC. The molecule has 2 atom stereocenters. The Morgan fingerprint density at radius 2 is 2.22 bits per heavy atom. The first kappa shape index (κ1) is 8.70. The van der Waals surface area contributed by atoms with Gasteiger partial charge in [-0.25, -0.2) is 0 Å². The Kier molecular flexibility index (Phi) is 4.41. The highest BCUT2D eigenvalue weighted by Gasteiger charge is 2.08. The third-order valence-electron chi connectivity index (χ3n) is 1.71. The topological polar surface area (TPSA) is 20.2 Å². The maximum Gasteiger partial charge on any atom is 0.0599 e. The summed E-state index contributed by atoms with van der Waals surface area (Å²) in [6, 6.07) is 0. The summed E-state index contributed by atoms with van der Waals surface area (Å²) in [5.41, 5.74) is 0. The molecule has 0 aromatic rings. The first-order chi connectivity index (χ1) is 4.22. The molecule has 1 nitrogen and oxygen atoms in total. The van der Waals surface area contributed by atoms with Crippen LogP contribution in [0.2, 0.25) is 0 Å². The zero-order valence-electron chi connectivity index (χ0n) is 6.30. The standard InChI is InChI=1S/C8H16O/c1-4-6-8(9)7(3)5-2/h4,7-9H,1,5-6H2,2-3H3/t7-,8+/m0/s1. The summed E-state index contributed by atoms with van der Waals surface area (Å²) in [5.74, 6) is 0.406. The fourth-order valence-corrected chi connectivity index (χ4v) is 0.675. The molecule has 0 saturated heterocycles. The molecular formula is C8H16O. The van der Waals surface area contributed by atoms with E-state index in [9.17, 15) is 5.11 Å². The average Bonchev–Trinajstić information content (AvgIpc) is 1.87. The van der Waals surface area contributed by atoms with Crippen LogP contribution in [-0.4, -0.2) is 11.2 Å². The van der Waals surface area contributed by atoms with E-state index in [1.165, 1.54) is 0 Å². The minimum atomic E-state index is -0.188. The maximum atomic E-state index is 9.25. The highest BCUT2D eigenvalue weighted by molar-refractivity contribution is 4.74. The van der Waals surface area contributed by atoms with Crippen LogP contribution in [0.1, 0.15) is 26.7 Å². The van der Waals surface area contributed by atoms with Gasteiger partial charge < -0.3 is 5.11 Å². The summed E-state index contributed by atoms with van der Waals surface area (Å²) in [5, 5.41) is 9.25. The van der Waals surface area contributed by atoms with Crippen molar-refractivity contribution in [3.05, 3.63) is 12.7 Å². The van der Waals surface area contributed by atoms with Gasteiger partial charge in [-0.05, 0) is 12.3 Å². The van der Waals surface area contributed by atoms with Crippen LogP contribution in [-0.2, 0) is 0 Å². The Labute approximate surface area is 57.4 Å². The van der Waals surface area contributed by atoms with Gasteiger partial charge in [-0.1, -0.05) is 26.3 Å². The van der Waals surface area contributed by atoms with Crippen molar-refractivity contribution in [3.63, 3.8) is 0 Å². The summed E-state index contributed by atoms with van der Waals surface area (Å²) in [4.78, 5) is 0. The number of hydrogen-bond acceptors (Lipinski definition) is 1. The molecule has 0 amide bonds. The largest absolute Gasteiger partial charge is 0.393 e. The first-order valence-corrected chi connectivity index (χ1v) is 3.51. The van der Waals surface area contributed by atoms with Crippen LogP contribution in [0.4, 0.5) is 0 Å². The van der Waals surface area contributed by atoms with Crippen LogP contribution < -0.4 is 0 Å². The van der Waals surface area contributed by atoms with Gasteiger partial charge >= 0.3 is 0 Å². The number of hydrogen-bond donors (Lipinski definition) is 1. The van der Waals surface area contributed by atoms with Crippen molar-refractivity contribution >= 4 is 0 Å². The quantitative estimate of drug-likeness (QED) is 0.574. The molecule has 0 radical (unpaired) electrons. The van der Waals surface area contributed by atoms with E-state index in [0.717, 1.165) is 12.8 Å². The van der Waals surface area contributed by atoms with Gasteiger partial charge in [0, 0.05) is 0 Å². The molecule has 0 unspecified atom stereocenters. The Morgan fingerprint density at radius 3 is 2.56 bits per heavy atom. The van der Waals surface area contributed by atoms with Crippen LogP contribution in [0.3, 0.4) is 0 Å². The van der Waals surface area contributed by atoms with Gasteiger partial charge in [0.2, 0.25) is 0 Å². The second-order valence-electron chi connectivity index (χ2n) is 2.48. The zero-order chi connectivity index (χ0) is 7.28. The summed E-state index contributed by atoms with van der Waals surface area (Å²) in [7, 11) is 0.